The lowest BCUT2D eigenvalue weighted by molar-refractivity contribution is 0.114. The topological polar surface area (TPSA) is 58.1 Å². The fourth-order valence-corrected chi connectivity index (χ4v) is 3.17. The second-order valence-corrected chi connectivity index (χ2v) is 6.83. The summed E-state index contributed by atoms with van der Waals surface area (Å²) < 4.78 is 25.3. The molecule has 0 spiro atoms. The van der Waals surface area contributed by atoms with E-state index in [-0.39, 0.29) is 11.9 Å². The number of hydrogen-bond donors (Lipinski definition) is 2. The maximum atomic E-state index is 14.5. The van der Waals surface area contributed by atoms with Crippen LogP contribution in [0.5, 0.6) is 0 Å². The molecular formula is C18H25FN4O2S. The summed E-state index contributed by atoms with van der Waals surface area (Å²) in [5, 5.41) is 7.77. The van der Waals surface area contributed by atoms with Gasteiger partial charge in [0.2, 0.25) is 0 Å². The molecule has 2 heterocycles. The van der Waals surface area contributed by atoms with Crippen molar-refractivity contribution in [2.75, 3.05) is 44.4 Å². The molecule has 0 saturated carbocycles. The first-order chi connectivity index (χ1) is 12.6. The SMILES string of the molecule is C/C(=N/NC(=S)NC[C@H]1CCCO1)c1ccc(N2CCOCC2)c(F)c1. The molecular weight excluding hydrogens is 355 g/mol. The smallest absolute Gasteiger partial charge is 0.187 e. The van der Waals surface area contributed by atoms with Crippen LogP contribution in [0.15, 0.2) is 23.3 Å². The van der Waals surface area contributed by atoms with E-state index in [1.165, 1.54) is 6.07 Å². The van der Waals surface area contributed by atoms with Crippen LogP contribution in [0.4, 0.5) is 10.1 Å². The van der Waals surface area contributed by atoms with Crippen molar-refractivity contribution in [1.29, 1.82) is 0 Å². The number of benzene rings is 1. The summed E-state index contributed by atoms with van der Waals surface area (Å²) in [6, 6.07) is 5.17. The highest BCUT2D eigenvalue weighted by molar-refractivity contribution is 7.80. The number of nitrogens with one attached hydrogen (secondary N) is 2. The predicted molar refractivity (Wildman–Crippen MR) is 104 cm³/mol. The van der Waals surface area contributed by atoms with Gasteiger partial charge in [-0.2, -0.15) is 5.10 Å². The molecule has 142 valence electrons. The maximum Gasteiger partial charge on any atom is 0.187 e. The van der Waals surface area contributed by atoms with Crippen molar-refractivity contribution in [3.63, 3.8) is 0 Å². The van der Waals surface area contributed by atoms with E-state index in [2.05, 4.69) is 15.8 Å². The molecule has 1 aromatic carbocycles. The van der Waals surface area contributed by atoms with Gasteiger partial charge in [-0.1, -0.05) is 6.07 Å². The van der Waals surface area contributed by atoms with Crippen LogP contribution < -0.4 is 15.6 Å². The Morgan fingerprint density at radius 2 is 2.15 bits per heavy atom. The molecule has 2 saturated heterocycles. The van der Waals surface area contributed by atoms with Gasteiger partial charge in [0.05, 0.1) is 30.7 Å². The number of hydrogen-bond acceptors (Lipinski definition) is 5. The highest BCUT2D eigenvalue weighted by Gasteiger charge is 2.16. The van der Waals surface area contributed by atoms with E-state index in [0.29, 0.717) is 54.9 Å². The fraction of sp³-hybridized carbons (Fsp3) is 0.556. The van der Waals surface area contributed by atoms with E-state index in [1.54, 1.807) is 6.07 Å². The van der Waals surface area contributed by atoms with Gasteiger partial charge in [0.25, 0.3) is 0 Å². The molecule has 1 atom stereocenters. The van der Waals surface area contributed by atoms with Crippen molar-refractivity contribution < 1.29 is 13.9 Å². The Morgan fingerprint density at radius 3 is 2.85 bits per heavy atom. The number of nitrogens with zero attached hydrogens (tertiary/aromatic N) is 2. The monoisotopic (exact) mass is 380 g/mol. The lowest BCUT2D eigenvalue weighted by atomic mass is 10.1. The molecule has 0 unspecified atom stereocenters. The molecule has 0 aliphatic carbocycles. The number of ether oxygens (including phenoxy) is 2. The zero-order valence-electron chi connectivity index (χ0n) is 15.0. The Kier molecular flexibility index (Phi) is 6.76. The van der Waals surface area contributed by atoms with E-state index in [1.807, 2.05) is 17.9 Å². The second-order valence-electron chi connectivity index (χ2n) is 6.42. The Labute approximate surface area is 158 Å². The molecule has 8 heteroatoms. The van der Waals surface area contributed by atoms with E-state index in [4.69, 9.17) is 21.7 Å². The largest absolute Gasteiger partial charge is 0.378 e. The molecule has 0 radical (unpaired) electrons. The lowest BCUT2D eigenvalue weighted by Gasteiger charge is -2.29. The second kappa shape index (κ2) is 9.25. The van der Waals surface area contributed by atoms with Gasteiger partial charge in [-0.25, -0.2) is 4.39 Å². The van der Waals surface area contributed by atoms with Crippen LogP contribution in [0.2, 0.25) is 0 Å². The minimum Gasteiger partial charge on any atom is -0.378 e. The molecule has 2 aliphatic heterocycles. The third kappa shape index (κ3) is 5.12. The van der Waals surface area contributed by atoms with E-state index < -0.39 is 0 Å². The van der Waals surface area contributed by atoms with Gasteiger partial charge in [-0.05, 0) is 44.1 Å². The zero-order chi connectivity index (χ0) is 18.4. The van der Waals surface area contributed by atoms with Gasteiger partial charge in [0.15, 0.2) is 5.11 Å². The number of thiocarbonyl (C=S) groups is 1. The third-order valence-corrected chi connectivity index (χ3v) is 4.79. The van der Waals surface area contributed by atoms with E-state index >= 15 is 0 Å². The van der Waals surface area contributed by atoms with Crippen molar-refractivity contribution in [2.45, 2.75) is 25.9 Å². The van der Waals surface area contributed by atoms with Crippen LogP contribution in [-0.4, -0.2) is 56.4 Å². The highest BCUT2D eigenvalue weighted by Crippen LogP contribution is 2.22. The van der Waals surface area contributed by atoms with E-state index in [9.17, 15) is 4.39 Å². The van der Waals surface area contributed by atoms with Gasteiger partial charge in [-0.3, -0.25) is 5.43 Å². The van der Waals surface area contributed by atoms with Crippen LogP contribution in [0.25, 0.3) is 0 Å². The summed E-state index contributed by atoms with van der Waals surface area (Å²) in [5.41, 5.74) is 4.79. The van der Waals surface area contributed by atoms with Crippen molar-refractivity contribution in [2.24, 2.45) is 5.10 Å². The molecule has 26 heavy (non-hydrogen) atoms. The summed E-state index contributed by atoms with van der Waals surface area (Å²) in [4.78, 5) is 2.00. The Morgan fingerprint density at radius 1 is 1.35 bits per heavy atom. The molecule has 0 bridgehead atoms. The predicted octanol–water partition coefficient (Wildman–Crippen LogP) is 2.03. The van der Waals surface area contributed by atoms with Crippen LogP contribution in [0, 0.1) is 5.82 Å². The van der Waals surface area contributed by atoms with Gasteiger partial charge in [-0.15, -0.1) is 0 Å². The van der Waals surface area contributed by atoms with Gasteiger partial charge in [0.1, 0.15) is 5.82 Å². The summed E-state index contributed by atoms with van der Waals surface area (Å²) in [5.74, 6) is -0.252. The average Bonchev–Trinajstić information content (AvgIpc) is 3.18. The number of morpholine rings is 1. The van der Waals surface area contributed by atoms with Crippen LogP contribution >= 0.6 is 12.2 Å². The van der Waals surface area contributed by atoms with Gasteiger partial charge < -0.3 is 19.7 Å². The molecule has 6 nitrogen and oxygen atoms in total. The average molecular weight is 380 g/mol. The molecule has 1 aromatic rings. The van der Waals surface area contributed by atoms with Crippen molar-refractivity contribution in [1.82, 2.24) is 10.7 Å². The number of rotatable bonds is 5. The van der Waals surface area contributed by atoms with Crippen molar-refractivity contribution in [3.05, 3.63) is 29.6 Å². The van der Waals surface area contributed by atoms with Gasteiger partial charge >= 0.3 is 0 Å². The molecule has 3 rings (SSSR count). The van der Waals surface area contributed by atoms with Crippen molar-refractivity contribution >= 4 is 28.7 Å². The Hall–Kier alpha value is -1.77. The fourth-order valence-electron chi connectivity index (χ4n) is 3.04. The minimum absolute atomic E-state index is 0.210. The Bertz CT molecular complexity index is 659. The Balaban J connectivity index is 1.54. The van der Waals surface area contributed by atoms with Gasteiger partial charge in [0, 0.05) is 31.8 Å². The first-order valence-electron chi connectivity index (χ1n) is 8.96. The molecule has 2 N–H and O–H groups in total. The maximum absolute atomic E-state index is 14.5. The summed E-state index contributed by atoms with van der Waals surface area (Å²) in [6.45, 7) is 5.97. The first kappa shape index (κ1) is 19.0. The minimum atomic E-state index is -0.252. The third-order valence-electron chi connectivity index (χ3n) is 4.56. The zero-order valence-corrected chi connectivity index (χ0v) is 15.8. The number of hydrazone groups is 1. The number of halogens is 1. The summed E-state index contributed by atoms with van der Waals surface area (Å²) in [7, 11) is 0. The van der Waals surface area contributed by atoms with Crippen molar-refractivity contribution in [3.8, 4) is 0 Å². The quantitative estimate of drug-likeness (QED) is 0.463. The van der Waals surface area contributed by atoms with Crippen LogP contribution in [0.1, 0.15) is 25.3 Å². The standard InChI is InChI=1S/C18H25FN4O2S/c1-13(21-22-18(26)20-12-15-3-2-8-25-15)14-4-5-17(16(19)11-14)23-6-9-24-10-7-23/h4-5,11,15H,2-3,6-10,12H2,1H3,(H2,20,22,26)/b21-13-/t15-/m1/s1. The molecule has 0 aromatic heterocycles. The lowest BCUT2D eigenvalue weighted by Crippen LogP contribution is -2.37. The normalized spacial score (nSPS) is 20.9. The molecule has 2 fully saturated rings. The molecule has 2 aliphatic rings. The highest BCUT2D eigenvalue weighted by atomic mass is 32.1. The van der Waals surface area contributed by atoms with E-state index in [0.717, 1.165) is 19.4 Å². The van der Waals surface area contributed by atoms with Crippen LogP contribution in [0.3, 0.4) is 0 Å². The number of anilines is 1. The summed E-state index contributed by atoms with van der Waals surface area (Å²) in [6.07, 6.45) is 2.35. The summed E-state index contributed by atoms with van der Waals surface area (Å²) >= 11 is 5.21. The first-order valence-corrected chi connectivity index (χ1v) is 9.36. The molecule has 0 amide bonds. The van der Waals surface area contributed by atoms with Crippen LogP contribution in [-0.2, 0) is 9.47 Å².